The van der Waals surface area contributed by atoms with Gasteiger partial charge in [-0.05, 0) is 95.9 Å². The fraction of sp³-hybridized carbons (Fsp3) is 0.522. The lowest BCUT2D eigenvalue weighted by atomic mass is 9.82. The number of fused-ring (bicyclic) bond motifs is 5. The number of benzene rings is 2. The summed E-state index contributed by atoms with van der Waals surface area (Å²) in [6.07, 6.45) is 8.16. The molecular weight excluding hydrogens is 761 g/mol. The third-order valence-electron chi connectivity index (χ3n) is 13.6. The highest BCUT2D eigenvalue weighted by atomic mass is 16.5. The third kappa shape index (κ3) is 7.42. The van der Waals surface area contributed by atoms with Gasteiger partial charge in [0.1, 0.15) is 23.7 Å². The van der Waals surface area contributed by atoms with Gasteiger partial charge in [-0.25, -0.2) is 19.6 Å². The van der Waals surface area contributed by atoms with Crippen LogP contribution in [0.3, 0.4) is 0 Å². The van der Waals surface area contributed by atoms with Crippen molar-refractivity contribution >= 4 is 24.0 Å². The predicted molar refractivity (Wildman–Crippen MR) is 227 cm³/mol. The minimum atomic E-state index is -0.687. The van der Waals surface area contributed by atoms with Crippen molar-refractivity contribution in [2.75, 3.05) is 27.3 Å². The van der Waals surface area contributed by atoms with Crippen LogP contribution in [0.2, 0.25) is 0 Å². The number of aromatic amines is 2. The van der Waals surface area contributed by atoms with E-state index in [-0.39, 0.29) is 35.7 Å². The van der Waals surface area contributed by atoms with Crippen molar-refractivity contribution in [1.82, 2.24) is 40.4 Å². The first-order chi connectivity index (χ1) is 28.9. The van der Waals surface area contributed by atoms with Gasteiger partial charge in [0.2, 0.25) is 11.8 Å². The number of ether oxygens (including phenoxy) is 2. The standard InChI is InChI=1S/C46H58N8O6/c1-24(2)39(51-45(57)59-6)43(55)53-20-8-10-35(53)41-47-22-33(49-41)28-14-12-27(13-15-28)31-18-19-32(38-30-17-16-29(26(30)5)37(31)38)34-23-48-42(50-34)36-11-9-21-54(36)44(56)40(25(3)4)52-46(58)60-7/h12-15,18-19,22-26,29-30,35-36,39-40H,8-11,16-17,20-21H2,1-7H3,(H,47,49)(H,48,50)(H,51,57)(H,52,58)/t26?,29?,30?,35-,36-,39-,40-/m0/s1. The van der Waals surface area contributed by atoms with Gasteiger partial charge in [0.25, 0.3) is 0 Å². The van der Waals surface area contributed by atoms with E-state index in [1.54, 1.807) is 0 Å². The van der Waals surface area contributed by atoms with Crippen LogP contribution in [0.25, 0.3) is 33.6 Å². The normalized spacial score (nSPS) is 22.9. The smallest absolute Gasteiger partial charge is 0.407 e. The number of hydrogen-bond donors (Lipinski definition) is 4. The van der Waals surface area contributed by atoms with Crippen LogP contribution < -0.4 is 10.6 Å². The molecule has 2 aromatic heterocycles. The van der Waals surface area contributed by atoms with Crippen LogP contribution in [-0.4, -0.2) is 93.1 Å². The van der Waals surface area contributed by atoms with Crippen molar-refractivity contribution in [3.05, 3.63) is 71.6 Å². The molecule has 2 aliphatic carbocycles. The lowest BCUT2D eigenvalue weighted by Crippen LogP contribution is -2.51. The molecule has 4 N–H and O–H groups in total. The highest BCUT2D eigenvalue weighted by Gasteiger charge is 2.46. The fourth-order valence-electron chi connectivity index (χ4n) is 10.4. The van der Waals surface area contributed by atoms with Gasteiger partial charge in [0.15, 0.2) is 0 Å². The molecule has 2 aromatic carbocycles. The topological polar surface area (TPSA) is 175 Å². The molecule has 14 nitrogen and oxygen atoms in total. The van der Waals surface area contributed by atoms with Crippen molar-refractivity contribution < 1.29 is 28.7 Å². The number of methoxy groups -OCH3 is 2. The summed E-state index contributed by atoms with van der Waals surface area (Å²) in [4.78, 5) is 72.1. The van der Waals surface area contributed by atoms with Crippen molar-refractivity contribution in [2.45, 2.75) is 109 Å². The molecule has 1 saturated carbocycles. The first-order valence-electron chi connectivity index (χ1n) is 21.6. The first kappa shape index (κ1) is 41.1. The van der Waals surface area contributed by atoms with Gasteiger partial charge in [0.05, 0.1) is 50.1 Å². The summed E-state index contributed by atoms with van der Waals surface area (Å²) in [6, 6.07) is 11.4. The maximum atomic E-state index is 13.8. The summed E-state index contributed by atoms with van der Waals surface area (Å²) in [5.41, 5.74) is 9.30. The largest absolute Gasteiger partial charge is 0.453 e. The van der Waals surface area contributed by atoms with Gasteiger partial charge in [-0.15, -0.1) is 0 Å². The fourth-order valence-corrected chi connectivity index (χ4v) is 10.4. The zero-order valence-corrected chi connectivity index (χ0v) is 35.7. The molecule has 14 heteroatoms. The molecule has 8 rings (SSSR count). The lowest BCUT2D eigenvalue weighted by molar-refractivity contribution is -0.136. The maximum Gasteiger partial charge on any atom is 0.407 e. The highest BCUT2D eigenvalue weighted by Crippen LogP contribution is 2.61. The zero-order valence-electron chi connectivity index (χ0n) is 35.7. The summed E-state index contributed by atoms with van der Waals surface area (Å²) in [5.74, 6) is 2.53. The minimum absolute atomic E-state index is 0.104. The molecule has 7 atom stereocenters. The van der Waals surface area contributed by atoms with E-state index >= 15 is 0 Å². The van der Waals surface area contributed by atoms with Crippen molar-refractivity contribution in [3.8, 4) is 33.6 Å². The number of likely N-dealkylation sites (tertiary alicyclic amines) is 2. The Labute approximate surface area is 351 Å². The van der Waals surface area contributed by atoms with Crippen LogP contribution in [0.4, 0.5) is 9.59 Å². The average Bonchev–Trinajstić information content (AvgIpc) is 4.12. The van der Waals surface area contributed by atoms with Gasteiger partial charge in [0, 0.05) is 18.7 Å². The van der Waals surface area contributed by atoms with Crippen molar-refractivity contribution in [1.29, 1.82) is 0 Å². The number of aromatic nitrogens is 4. The van der Waals surface area contributed by atoms with E-state index in [0.29, 0.717) is 30.8 Å². The van der Waals surface area contributed by atoms with Crippen LogP contribution in [-0.2, 0) is 19.1 Å². The summed E-state index contributed by atoms with van der Waals surface area (Å²) < 4.78 is 9.60. The summed E-state index contributed by atoms with van der Waals surface area (Å²) in [7, 11) is 2.60. The number of rotatable bonds is 11. The molecule has 0 radical (unpaired) electrons. The molecule has 3 unspecified atom stereocenters. The van der Waals surface area contributed by atoms with E-state index in [1.165, 1.54) is 42.9 Å². The minimum Gasteiger partial charge on any atom is -0.453 e. The molecule has 4 aromatic rings. The number of carbonyl (C=O) groups is 4. The van der Waals surface area contributed by atoms with Gasteiger partial charge in [-0.1, -0.05) is 71.0 Å². The Morgan fingerprint density at radius 2 is 1.10 bits per heavy atom. The molecule has 2 aliphatic heterocycles. The summed E-state index contributed by atoms with van der Waals surface area (Å²) in [6.45, 7) is 11.3. The van der Waals surface area contributed by atoms with Gasteiger partial charge >= 0.3 is 12.2 Å². The number of hydrogen-bond acceptors (Lipinski definition) is 8. The number of amides is 4. The zero-order chi connectivity index (χ0) is 42.4. The Morgan fingerprint density at radius 1 is 0.650 bits per heavy atom. The Bertz CT molecular complexity index is 2250. The van der Waals surface area contributed by atoms with E-state index in [2.05, 4.69) is 63.9 Å². The monoisotopic (exact) mass is 818 g/mol. The molecule has 60 heavy (non-hydrogen) atoms. The number of nitrogens with one attached hydrogen (secondary N) is 4. The van der Waals surface area contributed by atoms with Crippen LogP contribution >= 0.6 is 0 Å². The number of imidazole rings is 2. The van der Waals surface area contributed by atoms with E-state index in [9.17, 15) is 19.2 Å². The molecule has 4 heterocycles. The molecule has 2 saturated heterocycles. The van der Waals surface area contributed by atoms with Crippen LogP contribution in [0.15, 0.2) is 48.8 Å². The Kier molecular flexibility index (Phi) is 11.5. The van der Waals surface area contributed by atoms with Gasteiger partial charge < -0.3 is 39.9 Å². The second-order valence-corrected chi connectivity index (χ2v) is 17.7. The van der Waals surface area contributed by atoms with Crippen LogP contribution in [0, 0.1) is 17.8 Å². The lowest BCUT2D eigenvalue weighted by Gasteiger charge is -2.30. The van der Waals surface area contributed by atoms with Crippen LogP contribution in [0.1, 0.15) is 120 Å². The molecule has 0 spiro atoms. The molecular formula is C46H58N8O6. The van der Waals surface area contributed by atoms with Crippen LogP contribution in [0.5, 0.6) is 0 Å². The van der Waals surface area contributed by atoms with Gasteiger partial charge in [-0.2, -0.15) is 0 Å². The number of carbonyl (C=O) groups excluding carboxylic acids is 4. The summed E-state index contributed by atoms with van der Waals surface area (Å²) in [5, 5.41) is 5.46. The predicted octanol–water partition coefficient (Wildman–Crippen LogP) is 7.83. The Morgan fingerprint density at radius 3 is 1.60 bits per heavy atom. The van der Waals surface area contributed by atoms with Gasteiger partial charge in [-0.3, -0.25) is 9.59 Å². The van der Waals surface area contributed by atoms with Crippen molar-refractivity contribution in [3.63, 3.8) is 0 Å². The number of H-pyrrole nitrogens is 2. The average molecular weight is 819 g/mol. The quantitative estimate of drug-likeness (QED) is 0.118. The highest BCUT2D eigenvalue weighted by molar-refractivity contribution is 5.87. The molecule has 2 bridgehead atoms. The van der Waals surface area contributed by atoms with Crippen molar-refractivity contribution in [2.24, 2.45) is 17.8 Å². The number of alkyl carbamates (subject to hydrolysis) is 2. The van der Waals surface area contributed by atoms with E-state index < -0.39 is 24.3 Å². The second kappa shape index (κ2) is 16.8. The maximum absolute atomic E-state index is 13.8. The van der Waals surface area contributed by atoms with E-state index in [0.717, 1.165) is 66.3 Å². The summed E-state index contributed by atoms with van der Waals surface area (Å²) >= 11 is 0. The molecule has 318 valence electrons. The third-order valence-corrected chi connectivity index (χ3v) is 13.6. The van der Waals surface area contributed by atoms with E-state index in [4.69, 9.17) is 19.4 Å². The SMILES string of the molecule is COC(=O)N[C@H](C(=O)N1CCC[C@H]1c1ncc(-c2ccc(-c3ccc(-c4cnc([C@@H]5CCCN5C(=O)[C@@H](NC(=O)OC)C(C)C)[nH]4)c4c3C3CCC4C3C)cc2)[nH]1)C(C)C. The first-order valence-corrected chi connectivity index (χ1v) is 21.6. The second-order valence-electron chi connectivity index (χ2n) is 17.7. The molecule has 4 amide bonds. The Balaban J connectivity index is 1.03. The Hall–Kier alpha value is -5.66. The molecule has 4 aliphatic rings. The number of nitrogens with zero attached hydrogens (tertiary/aromatic N) is 4. The van der Waals surface area contributed by atoms with E-state index in [1.807, 2.05) is 49.9 Å². The molecule has 3 fully saturated rings.